The average molecular weight is 177 g/mol. The molecule has 12 heavy (non-hydrogen) atoms. The van der Waals surface area contributed by atoms with Crippen molar-refractivity contribution in [3.63, 3.8) is 0 Å². The lowest BCUT2D eigenvalue weighted by atomic mass is 10.1. The molecule has 0 atom stereocenters. The first-order valence-electron chi connectivity index (χ1n) is 3.52. The van der Waals surface area contributed by atoms with Gasteiger partial charge in [0.15, 0.2) is 0 Å². The predicted octanol–water partition coefficient (Wildman–Crippen LogP) is 1.87. The molecule has 3 nitrogen and oxygen atoms in total. The molecule has 1 heterocycles. The van der Waals surface area contributed by atoms with Crippen molar-refractivity contribution in [2.45, 2.75) is 6.92 Å². The first kappa shape index (κ1) is 7.36. The SMILES string of the molecule is Cc1nc2c(s1)C=CC(=N)C2=N. The van der Waals surface area contributed by atoms with Gasteiger partial charge in [-0.3, -0.25) is 10.8 Å². The predicted molar refractivity (Wildman–Crippen MR) is 50.4 cm³/mol. The van der Waals surface area contributed by atoms with E-state index in [1.54, 1.807) is 17.4 Å². The molecule has 0 unspecified atom stereocenters. The molecule has 0 aliphatic heterocycles. The summed E-state index contributed by atoms with van der Waals surface area (Å²) in [6.07, 6.45) is 3.49. The van der Waals surface area contributed by atoms with Gasteiger partial charge in [-0.2, -0.15) is 0 Å². The van der Waals surface area contributed by atoms with Gasteiger partial charge in [0, 0.05) is 0 Å². The van der Waals surface area contributed by atoms with E-state index < -0.39 is 0 Å². The van der Waals surface area contributed by atoms with Crippen molar-refractivity contribution in [1.82, 2.24) is 4.98 Å². The van der Waals surface area contributed by atoms with Crippen LogP contribution in [0.25, 0.3) is 6.08 Å². The maximum atomic E-state index is 7.56. The molecule has 1 aromatic heterocycles. The van der Waals surface area contributed by atoms with Crippen molar-refractivity contribution in [2.75, 3.05) is 0 Å². The lowest BCUT2D eigenvalue weighted by Gasteiger charge is -2.04. The van der Waals surface area contributed by atoms with Crippen molar-refractivity contribution in [3.05, 3.63) is 21.7 Å². The maximum Gasteiger partial charge on any atom is 0.109 e. The fraction of sp³-hybridized carbons (Fsp3) is 0.125. The first-order chi connectivity index (χ1) is 5.68. The van der Waals surface area contributed by atoms with Crippen molar-refractivity contribution in [3.8, 4) is 0 Å². The van der Waals surface area contributed by atoms with E-state index in [4.69, 9.17) is 10.8 Å². The second-order valence-electron chi connectivity index (χ2n) is 2.57. The van der Waals surface area contributed by atoms with Gasteiger partial charge in [0.2, 0.25) is 0 Å². The van der Waals surface area contributed by atoms with Crippen LogP contribution in [-0.2, 0) is 0 Å². The molecule has 4 heteroatoms. The lowest BCUT2D eigenvalue weighted by molar-refractivity contribution is 1.26. The van der Waals surface area contributed by atoms with Crippen molar-refractivity contribution in [2.24, 2.45) is 0 Å². The summed E-state index contributed by atoms with van der Waals surface area (Å²) >= 11 is 1.56. The number of aromatic nitrogens is 1. The third kappa shape index (κ3) is 0.921. The second-order valence-corrected chi connectivity index (χ2v) is 3.80. The van der Waals surface area contributed by atoms with E-state index in [1.165, 1.54) is 0 Å². The number of nitrogens with zero attached hydrogens (tertiary/aromatic N) is 1. The van der Waals surface area contributed by atoms with Gasteiger partial charge in [-0.15, -0.1) is 11.3 Å². The molecule has 2 rings (SSSR count). The van der Waals surface area contributed by atoms with Crippen LogP contribution in [0.15, 0.2) is 6.08 Å². The quantitative estimate of drug-likeness (QED) is 0.624. The lowest BCUT2D eigenvalue weighted by Crippen LogP contribution is -2.15. The Kier molecular flexibility index (Phi) is 1.44. The van der Waals surface area contributed by atoms with E-state index in [-0.39, 0.29) is 11.4 Å². The minimum atomic E-state index is 0.233. The Balaban J connectivity index is 2.65. The van der Waals surface area contributed by atoms with Crippen LogP contribution in [0.5, 0.6) is 0 Å². The third-order valence-electron chi connectivity index (χ3n) is 1.67. The Hall–Kier alpha value is -1.29. The van der Waals surface area contributed by atoms with Gasteiger partial charge < -0.3 is 0 Å². The fourth-order valence-electron chi connectivity index (χ4n) is 1.10. The molecule has 0 saturated carbocycles. The molecule has 1 aliphatic rings. The van der Waals surface area contributed by atoms with Gasteiger partial charge in [0.25, 0.3) is 0 Å². The molecule has 0 bridgehead atoms. The number of fused-ring (bicyclic) bond motifs is 1. The number of aryl methyl sites for hydroxylation is 1. The van der Waals surface area contributed by atoms with Crippen molar-refractivity contribution >= 4 is 28.8 Å². The molecule has 60 valence electrons. The van der Waals surface area contributed by atoms with Crippen molar-refractivity contribution in [1.29, 1.82) is 10.8 Å². The zero-order valence-corrected chi connectivity index (χ0v) is 7.33. The number of allylic oxidation sites excluding steroid dienone is 1. The molecule has 0 fully saturated rings. The van der Waals surface area contributed by atoms with Gasteiger partial charge in [0.05, 0.1) is 15.6 Å². The van der Waals surface area contributed by atoms with Crippen LogP contribution in [0.4, 0.5) is 0 Å². The van der Waals surface area contributed by atoms with Gasteiger partial charge >= 0.3 is 0 Å². The molecule has 0 spiro atoms. The zero-order chi connectivity index (χ0) is 8.72. The van der Waals surface area contributed by atoms with Crippen LogP contribution in [-0.4, -0.2) is 16.4 Å². The highest BCUT2D eigenvalue weighted by Crippen LogP contribution is 2.23. The highest BCUT2D eigenvalue weighted by atomic mass is 32.1. The van der Waals surface area contributed by atoms with Crippen LogP contribution in [0, 0.1) is 17.7 Å². The second kappa shape index (κ2) is 2.35. The molecular formula is C8H7N3S. The van der Waals surface area contributed by atoms with Crippen LogP contribution in [0.2, 0.25) is 0 Å². The first-order valence-corrected chi connectivity index (χ1v) is 4.33. The van der Waals surface area contributed by atoms with E-state index >= 15 is 0 Å². The van der Waals surface area contributed by atoms with Gasteiger partial charge in [-0.25, -0.2) is 4.98 Å². The Bertz CT molecular complexity index is 400. The van der Waals surface area contributed by atoms with Gasteiger partial charge in [-0.05, 0) is 19.1 Å². The third-order valence-corrected chi connectivity index (χ3v) is 2.60. The highest BCUT2D eigenvalue weighted by Gasteiger charge is 2.17. The summed E-state index contributed by atoms with van der Waals surface area (Å²) in [6.45, 7) is 1.91. The van der Waals surface area contributed by atoms with Crippen LogP contribution in [0.3, 0.4) is 0 Å². The Morgan fingerprint density at radius 3 is 2.83 bits per heavy atom. The summed E-state index contributed by atoms with van der Waals surface area (Å²) in [5, 5.41) is 15.9. The summed E-state index contributed by atoms with van der Waals surface area (Å²) in [5.74, 6) is 0. The highest BCUT2D eigenvalue weighted by molar-refractivity contribution is 7.13. The van der Waals surface area contributed by atoms with E-state index in [9.17, 15) is 0 Å². The monoisotopic (exact) mass is 177 g/mol. The summed E-state index contributed by atoms with van der Waals surface area (Å²) in [4.78, 5) is 5.18. The molecule has 1 aromatic rings. The minimum absolute atomic E-state index is 0.233. The van der Waals surface area contributed by atoms with Crippen LogP contribution < -0.4 is 0 Å². The molecule has 0 radical (unpaired) electrons. The minimum Gasteiger partial charge on any atom is -0.299 e. The smallest absolute Gasteiger partial charge is 0.109 e. The molecule has 0 amide bonds. The van der Waals surface area contributed by atoms with Crippen LogP contribution in [0.1, 0.15) is 15.6 Å². The Morgan fingerprint density at radius 1 is 1.33 bits per heavy atom. The molecule has 2 N–H and O–H groups in total. The topological polar surface area (TPSA) is 60.6 Å². The molecule has 1 aliphatic carbocycles. The summed E-state index contributed by atoms with van der Waals surface area (Å²) < 4.78 is 0. The normalized spacial score (nSPS) is 15.1. The number of rotatable bonds is 0. The van der Waals surface area contributed by atoms with E-state index in [0.29, 0.717) is 5.69 Å². The largest absolute Gasteiger partial charge is 0.299 e. The molecule has 0 saturated heterocycles. The Morgan fingerprint density at radius 2 is 2.08 bits per heavy atom. The maximum absolute atomic E-state index is 7.56. The number of nitrogens with one attached hydrogen (secondary N) is 2. The van der Waals surface area contributed by atoms with Gasteiger partial charge in [-0.1, -0.05) is 0 Å². The number of thiazole rings is 1. The van der Waals surface area contributed by atoms with Crippen molar-refractivity contribution < 1.29 is 0 Å². The van der Waals surface area contributed by atoms with Crippen LogP contribution >= 0.6 is 11.3 Å². The summed E-state index contributed by atoms with van der Waals surface area (Å²) in [5.41, 5.74) is 1.13. The summed E-state index contributed by atoms with van der Waals surface area (Å²) in [7, 11) is 0. The van der Waals surface area contributed by atoms with E-state index in [2.05, 4.69) is 4.98 Å². The average Bonchev–Trinajstić information content (AvgIpc) is 2.39. The standard InChI is InChI=1S/C8H7N3S/c1-4-11-8-6(12-4)3-2-5(9)7(8)10/h2-3,9-10H,1H3. The van der Waals surface area contributed by atoms with Gasteiger partial charge in [0.1, 0.15) is 11.4 Å². The molecular weight excluding hydrogens is 170 g/mol. The molecule has 0 aromatic carbocycles. The van der Waals surface area contributed by atoms with E-state index in [0.717, 1.165) is 9.88 Å². The fourth-order valence-corrected chi connectivity index (χ4v) is 1.94. The van der Waals surface area contributed by atoms with E-state index in [1.807, 2.05) is 13.0 Å². The Labute approximate surface area is 73.8 Å². The summed E-state index contributed by atoms with van der Waals surface area (Å²) in [6, 6.07) is 0. The number of hydrogen-bond donors (Lipinski definition) is 2. The zero-order valence-electron chi connectivity index (χ0n) is 6.51. The number of hydrogen-bond acceptors (Lipinski definition) is 4.